The summed E-state index contributed by atoms with van der Waals surface area (Å²) in [5.74, 6) is 0. The topological polar surface area (TPSA) is 12.9 Å². The highest BCUT2D eigenvalue weighted by molar-refractivity contribution is 9.10. The monoisotopic (exact) mass is 275 g/mol. The predicted octanol–water partition coefficient (Wildman–Crippen LogP) is 3.80. The van der Waals surface area contributed by atoms with Gasteiger partial charge in [0, 0.05) is 0 Å². The Morgan fingerprint density at radius 2 is 1.79 bits per heavy atom. The zero-order chi connectivity index (χ0) is 10.9. The van der Waals surface area contributed by atoms with E-state index in [9.17, 15) is 22.0 Å². The van der Waals surface area contributed by atoms with E-state index in [1.807, 2.05) is 0 Å². The fraction of sp³-hybridized carbons (Fsp3) is 0.286. The Hall–Kier alpha value is -0.720. The average molecular weight is 276 g/mol. The van der Waals surface area contributed by atoms with E-state index in [1.165, 1.54) is 0 Å². The smallest absolute Gasteiger partial charge is 0.239 e. The lowest BCUT2D eigenvalue weighted by molar-refractivity contribution is -0.138. The van der Waals surface area contributed by atoms with Crippen LogP contribution in [0.2, 0.25) is 0 Å². The molecule has 0 aliphatic carbocycles. The molecule has 0 aliphatic rings. The van der Waals surface area contributed by atoms with Gasteiger partial charge in [0.25, 0.3) is 6.43 Å². The van der Waals surface area contributed by atoms with Gasteiger partial charge in [-0.05, 0) is 28.1 Å². The molecule has 0 N–H and O–H groups in total. The van der Waals surface area contributed by atoms with Crippen LogP contribution in [0.1, 0.15) is 17.7 Å². The first-order valence-corrected chi connectivity index (χ1v) is 4.13. The fourth-order valence-electron chi connectivity index (χ4n) is 0.781. The number of halogens is 6. The molecule has 1 aromatic rings. The second-order valence-corrected chi connectivity index (χ2v) is 3.12. The van der Waals surface area contributed by atoms with E-state index in [2.05, 4.69) is 20.9 Å². The molecule has 0 spiro atoms. The van der Waals surface area contributed by atoms with Crippen LogP contribution in [0.3, 0.4) is 0 Å². The third-order valence-corrected chi connectivity index (χ3v) is 2.00. The largest absolute Gasteiger partial charge is 0.419 e. The molecule has 0 unspecified atom stereocenters. The summed E-state index contributed by atoms with van der Waals surface area (Å²) in [6.45, 7) is 0. The lowest BCUT2D eigenvalue weighted by Gasteiger charge is -2.09. The van der Waals surface area contributed by atoms with Gasteiger partial charge < -0.3 is 0 Å². The molecule has 0 aliphatic heterocycles. The number of hydrogen-bond acceptors (Lipinski definition) is 1. The van der Waals surface area contributed by atoms with Crippen LogP contribution in [0.25, 0.3) is 0 Å². The Labute approximate surface area is 84.1 Å². The van der Waals surface area contributed by atoms with E-state index in [0.717, 1.165) is 0 Å². The molecular weight excluding hydrogens is 273 g/mol. The predicted molar refractivity (Wildman–Crippen MR) is 41.9 cm³/mol. The van der Waals surface area contributed by atoms with Gasteiger partial charge in [-0.15, -0.1) is 0 Å². The quantitative estimate of drug-likeness (QED) is 0.561. The van der Waals surface area contributed by atoms with Crippen LogP contribution < -0.4 is 0 Å². The van der Waals surface area contributed by atoms with Crippen molar-refractivity contribution in [3.05, 3.63) is 28.0 Å². The summed E-state index contributed by atoms with van der Waals surface area (Å²) in [6, 6.07) is 1.22. The van der Waals surface area contributed by atoms with Crippen molar-refractivity contribution >= 4 is 15.9 Å². The van der Waals surface area contributed by atoms with Crippen LogP contribution >= 0.6 is 15.9 Å². The molecule has 78 valence electrons. The Balaban J connectivity index is 3.15. The van der Waals surface area contributed by atoms with Crippen molar-refractivity contribution in [2.45, 2.75) is 12.6 Å². The molecule has 7 heteroatoms. The standard InChI is InChI=1S/C7H3BrF5N/c8-5-3(7(11,12)13)1-2-4(14-5)6(9)10/h1-2,6H. The molecule has 1 heterocycles. The van der Waals surface area contributed by atoms with Crippen molar-refractivity contribution in [2.75, 3.05) is 0 Å². The van der Waals surface area contributed by atoms with E-state index in [1.54, 1.807) is 0 Å². The lowest BCUT2D eigenvalue weighted by atomic mass is 10.2. The summed E-state index contributed by atoms with van der Waals surface area (Å²) in [6.07, 6.45) is -7.47. The third kappa shape index (κ3) is 2.40. The molecular formula is C7H3BrF5N. The van der Waals surface area contributed by atoms with E-state index in [0.29, 0.717) is 12.1 Å². The van der Waals surface area contributed by atoms with Crippen LogP contribution in [0, 0.1) is 0 Å². The summed E-state index contributed by atoms with van der Waals surface area (Å²) in [4.78, 5) is 3.09. The Morgan fingerprint density at radius 1 is 1.21 bits per heavy atom. The SMILES string of the molecule is FC(F)c1ccc(C(F)(F)F)c(Br)n1. The summed E-state index contributed by atoms with van der Waals surface area (Å²) in [5, 5.41) is 0. The normalized spacial score (nSPS) is 12.2. The van der Waals surface area contributed by atoms with Crippen LogP contribution in [-0.2, 0) is 6.18 Å². The molecule has 14 heavy (non-hydrogen) atoms. The van der Waals surface area contributed by atoms with Crippen molar-refractivity contribution in [2.24, 2.45) is 0 Å². The number of aromatic nitrogens is 1. The van der Waals surface area contributed by atoms with E-state index >= 15 is 0 Å². The third-order valence-electron chi connectivity index (χ3n) is 1.40. The van der Waals surface area contributed by atoms with E-state index < -0.39 is 28.5 Å². The van der Waals surface area contributed by atoms with Gasteiger partial charge in [0.1, 0.15) is 10.3 Å². The molecule has 0 fully saturated rings. The van der Waals surface area contributed by atoms with Gasteiger partial charge in [-0.3, -0.25) is 0 Å². The van der Waals surface area contributed by atoms with Gasteiger partial charge >= 0.3 is 6.18 Å². The van der Waals surface area contributed by atoms with Crippen LogP contribution in [0.15, 0.2) is 16.7 Å². The van der Waals surface area contributed by atoms with E-state index in [4.69, 9.17) is 0 Å². The first kappa shape index (κ1) is 11.4. The maximum Gasteiger partial charge on any atom is 0.419 e. The second kappa shape index (κ2) is 3.80. The van der Waals surface area contributed by atoms with E-state index in [-0.39, 0.29) is 0 Å². The summed E-state index contributed by atoms with van der Waals surface area (Å²) < 4.78 is 59.8. The first-order chi connectivity index (χ1) is 6.32. The molecule has 0 bridgehead atoms. The molecule has 0 saturated heterocycles. The molecule has 0 radical (unpaired) electrons. The highest BCUT2D eigenvalue weighted by atomic mass is 79.9. The van der Waals surface area contributed by atoms with Gasteiger partial charge in [-0.1, -0.05) is 0 Å². The molecule has 0 amide bonds. The van der Waals surface area contributed by atoms with Crippen molar-refractivity contribution in [1.82, 2.24) is 4.98 Å². The highest BCUT2D eigenvalue weighted by Gasteiger charge is 2.34. The fourth-order valence-corrected chi connectivity index (χ4v) is 1.34. The molecule has 0 saturated carbocycles. The van der Waals surface area contributed by atoms with Crippen molar-refractivity contribution in [3.8, 4) is 0 Å². The Bertz CT molecular complexity index is 335. The minimum atomic E-state index is -4.59. The highest BCUT2D eigenvalue weighted by Crippen LogP contribution is 2.34. The molecule has 0 atom stereocenters. The zero-order valence-electron chi connectivity index (χ0n) is 6.45. The van der Waals surface area contributed by atoms with Crippen LogP contribution in [-0.4, -0.2) is 4.98 Å². The summed E-state index contributed by atoms with van der Waals surface area (Å²) in [7, 11) is 0. The molecule has 1 nitrogen and oxygen atoms in total. The van der Waals surface area contributed by atoms with Gasteiger partial charge in [-0.2, -0.15) is 13.2 Å². The van der Waals surface area contributed by atoms with Gasteiger partial charge in [0.15, 0.2) is 0 Å². The van der Waals surface area contributed by atoms with Gasteiger partial charge in [-0.25, -0.2) is 13.8 Å². The van der Waals surface area contributed by atoms with Crippen molar-refractivity contribution < 1.29 is 22.0 Å². The Morgan fingerprint density at radius 3 is 2.14 bits per heavy atom. The maximum atomic E-state index is 12.1. The minimum absolute atomic E-state index is 0.568. The summed E-state index contributed by atoms with van der Waals surface area (Å²) >= 11 is 2.49. The van der Waals surface area contributed by atoms with Gasteiger partial charge in [0.2, 0.25) is 0 Å². The number of pyridine rings is 1. The second-order valence-electron chi connectivity index (χ2n) is 2.37. The molecule has 1 aromatic heterocycles. The minimum Gasteiger partial charge on any atom is -0.239 e. The first-order valence-electron chi connectivity index (χ1n) is 3.34. The van der Waals surface area contributed by atoms with Crippen LogP contribution in [0.5, 0.6) is 0 Å². The lowest BCUT2D eigenvalue weighted by Crippen LogP contribution is -2.08. The van der Waals surface area contributed by atoms with Crippen molar-refractivity contribution in [3.63, 3.8) is 0 Å². The number of rotatable bonds is 1. The molecule has 1 rings (SSSR count). The maximum absolute atomic E-state index is 12.1. The number of hydrogen-bond donors (Lipinski definition) is 0. The summed E-state index contributed by atoms with van der Waals surface area (Å²) in [5.41, 5.74) is -1.76. The zero-order valence-corrected chi connectivity index (χ0v) is 8.03. The number of alkyl halides is 5. The Kier molecular flexibility index (Phi) is 3.08. The average Bonchev–Trinajstić information content (AvgIpc) is 2.01. The molecule has 0 aromatic carbocycles. The van der Waals surface area contributed by atoms with Crippen LogP contribution in [0.4, 0.5) is 22.0 Å². The number of nitrogens with zero attached hydrogens (tertiary/aromatic N) is 1. The van der Waals surface area contributed by atoms with Gasteiger partial charge in [0.05, 0.1) is 5.56 Å². The van der Waals surface area contributed by atoms with Crippen molar-refractivity contribution in [1.29, 1.82) is 0 Å².